The molecule has 0 spiro atoms. The van der Waals surface area contributed by atoms with Crippen LogP contribution in [0.3, 0.4) is 0 Å². The number of rotatable bonds is 5. The summed E-state index contributed by atoms with van der Waals surface area (Å²) in [5.41, 5.74) is 8.87. The second-order valence-electron chi connectivity index (χ2n) is 4.88. The Bertz CT molecular complexity index is 519. The molecule has 2 nitrogen and oxygen atoms in total. The molecule has 1 unspecified atom stereocenters. The van der Waals surface area contributed by atoms with Crippen LogP contribution in [0.15, 0.2) is 48.5 Å². The van der Waals surface area contributed by atoms with Crippen LogP contribution >= 0.6 is 0 Å². The highest BCUT2D eigenvalue weighted by atomic mass is 16.5. The van der Waals surface area contributed by atoms with E-state index in [1.165, 1.54) is 5.56 Å². The SMILES string of the molecule is CCC(C)c1ccccc1OCc1ccc(N)cc1. The van der Waals surface area contributed by atoms with Crippen molar-refractivity contribution in [2.24, 2.45) is 0 Å². The molecule has 0 radical (unpaired) electrons. The number of ether oxygens (including phenoxy) is 1. The van der Waals surface area contributed by atoms with Gasteiger partial charge in [-0.2, -0.15) is 0 Å². The Hall–Kier alpha value is -1.96. The first-order chi connectivity index (χ1) is 9.20. The van der Waals surface area contributed by atoms with Gasteiger partial charge < -0.3 is 10.5 Å². The Morgan fingerprint density at radius 2 is 1.74 bits per heavy atom. The van der Waals surface area contributed by atoms with Gasteiger partial charge in [0.15, 0.2) is 0 Å². The second kappa shape index (κ2) is 6.28. The van der Waals surface area contributed by atoms with Gasteiger partial charge in [0.25, 0.3) is 0 Å². The molecular formula is C17H21NO. The molecule has 0 fully saturated rings. The smallest absolute Gasteiger partial charge is 0.123 e. The van der Waals surface area contributed by atoms with E-state index >= 15 is 0 Å². The van der Waals surface area contributed by atoms with Gasteiger partial charge in [-0.25, -0.2) is 0 Å². The Kier molecular flexibility index (Phi) is 4.45. The third-order valence-corrected chi connectivity index (χ3v) is 3.44. The quantitative estimate of drug-likeness (QED) is 0.806. The highest BCUT2D eigenvalue weighted by molar-refractivity contribution is 5.40. The molecule has 0 saturated carbocycles. The summed E-state index contributed by atoms with van der Waals surface area (Å²) in [5.74, 6) is 1.50. The average molecular weight is 255 g/mol. The van der Waals surface area contributed by atoms with Crippen molar-refractivity contribution >= 4 is 5.69 Å². The molecule has 0 saturated heterocycles. The van der Waals surface area contributed by atoms with Gasteiger partial charge in [0.1, 0.15) is 12.4 Å². The first-order valence-corrected chi connectivity index (χ1v) is 6.77. The fourth-order valence-corrected chi connectivity index (χ4v) is 2.01. The van der Waals surface area contributed by atoms with Gasteiger partial charge in [-0.1, -0.05) is 44.2 Å². The molecule has 100 valence electrons. The van der Waals surface area contributed by atoms with Crippen LogP contribution in [-0.2, 0) is 6.61 Å². The highest BCUT2D eigenvalue weighted by Gasteiger charge is 2.09. The fourth-order valence-electron chi connectivity index (χ4n) is 2.01. The van der Waals surface area contributed by atoms with E-state index in [2.05, 4.69) is 26.0 Å². The third kappa shape index (κ3) is 3.50. The van der Waals surface area contributed by atoms with Crippen molar-refractivity contribution in [1.29, 1.82) is 0 Å². The number of nitrogens with two attached hydrogens (primary N) is 1. The molecular weight excluding hydrogens is 234 g/mol. The molecule has 0 aliphatic carbocycles. The van der Waals surface area contributed by atoms with E-state index in [9.17, 15) is 0 Å². The van der Waals surface area contributed by atoms with E-state index in [0.717, 1.165) is 23.4 Å². The molecule has 0 heterocycles. The highest BCUT2D eigenvalue weighted by Crippen LogP contribution is 2.28. The van der Waals surface area contributed by atoms with Crippen molar-refractivity contribution in [2.45, 2.75) is 32.8 Å². The van der Waals surface area contributed by atoms with Gasteiger partial charge in [0.2, 0.25) is 0 Å². The summed E-state index contributed by atoms with van der Waals surface area (Å²) in [4.78, 5) is 0. The van der Waals surface area contributed by atoms with Crippen molar-refractivity contribution in [2.75, 3.05) is 5.73 Å². The van der Waals surface area contributed by atoms with Crippen molar-refractivity contribution in [3.63, 3.8) is 0 Å². The van der Waals surface area contributed by atoms with Gasteiger partial charge in [0.05, 0.1) is 0 Å². The zero-order chi connectivity index (χ0) is 13.7. The van der Waals surface area contributed by atoms with Crippen LogP contribution in [0.5, 0.6) is 5.75 Å². The molecule has 0 aliphatic rings. The predicted octanol–water partition coefficient (Wildman–Crippen LogP) is 4.36. The van der Waals surface area contributed by atoms with Gasteiger partial charge in [-0.3, -0.25) is 0 Å². The Labute approximate surface area is 115 Å². The topological polar surface area (TPSA) is 35.2 Å². The molecule has 0 bridgehead atoms. The lowest BCUT2D eigenvalue weighted by Gasteiger charge is -2.15. The average Bonchev–Trinajstić information content (AvgIpc) is 2.46. The first kappa shape index (κ1) is 13.5. The molecule has 0 aliphatic heterocycles. The maximum atomic E-state index is 5.95. The predicted molar refractivity (Wildman–Crippen MR) is 80.3 cm³/mol. The number of hydrogen-bond acceptors (Lipinski definition) is 2. The van der Waals surface area contributed by atoms with Crippen molar-refractivity contribution in [3.05, 3.63) is 59.7 Å². The van der Waals surface area contributed by atoms with Crippen LogP contribution in [0.1, 0.15) is 37.3 Å². The Morgan fingerprint density at radius 1 is 1.05 bits per heavy atom. The molecule has 19 heavy (non-hydrogen) atoms. The van der Waals surface area contributed by atoms with Gasteiger partial charge in [-0.05, 0) is 41.7 Å². The van der Waals surface area contributed by atoms with E-state index in [4.69, 9.17) is 10.5 Å². The van der Waals surface area contributed by atoms with Crippen LogP contribution < -0.4 is 10.5 Å². The van der Waals surface area contributed by atoms with Crippen molar-refractivity contribution in [3.8, 4) is 5.75 Å². The van der Waals surface area contributed by atoms with Crippen LogP contribution in [0.4, 0.5) is 5.69 Å². The van der Waals surface area contributed by atoms with E-state index in [1.54, 1.807) is 0 Å². The van der Waals surface area contributed by atoms with Crippen LogP contribution in [0.2, 0.25) is 0 Å². The van der Waals surface area contributed by atoms with Crippen molar-refractivity contribution in [1.82, 2.24) is 0 Å². The normalized spacial score (nSPS) is 12.1. The standard InChI is InChI=1S/C17H21NO/c1-3-13(2)16-6-4-5-7-17(16)19-12-14-8-10-15(18)11-9-14/h4-11,13H,3,12,18H2,1-2H3. The van der Waals surface area contributed by atoms with E-state index in [-0.39, 0.29) is 0 Å². The minimum absolute atomic E-state index is 0.516. The zero-order valence-corrected chi connectivity index (χ0v) is 11.6. The second-order valence-corrected chi connectivity index (χ2v) is 4.88. The lowest BCUT2D eigenvalue weighted by atomic mass is 9.98. The summed E-state index contributed by atoms with van der Waals surface area (Å²) in [7, 11) is 0. The summed E-state index contributed by atoms with van der Waals surface area (Å²) >= 11 is 0. The number of para-hydroxylation sites is 1. The first-order valence-electron chi connectivity index (χ1n) is 6.77. The number of anilines is 1. The molecule has 2 aromatic rings. The molecule has 2 N–H and O–H groups in total. The molecule has 2 heteroatoms. The fraction of sp³-hybridized carbons (Fsp3) is 0.294. The van der Waals surface area contributed by atoms with E-state index < -0.39 is 0 Å². The number of benzene rings is 2. The monoisotopic (exact) mass is 255 g/mol. The largest absolute Gasteiger partial charge is 0.489 e. The summed E-state index contributed by atoms with van der Waals surface area (Å²) in [5, 5.41) is 0. The Balaban J connectivity index is 2.09. The lowest BCUT2D eigenvalue weighted by molar-refractivity contribution is 0.301. The van der Waals surface area contributed by atoms with Crippen LogP contribution in [-0.4, -0.2) is 0 Å². The van der Waals surface area contributed by atoms with Crippen LogP contribution in [0, 0.1) is 0 Å². The van der Waals surface area contributed by atoms with Gasteiger partial charge in [-0.15, -0.1) is 0 Å². The molecule has 0 amide bonds. The summed E-state index contributed by atoms with van der Waals surface area (Å²) < 4.78 is 5.95. The number of hydrogen-bond donors (Lipinski definition) is 1. The van der Waals surface area contributed by atoms with E-state index in [1.807, 2.05) is 36.4 Å². The maximum Gasteiger partial charge on any atom is 0.123 e. The van der Waals surface area contributed by atoms with Gasteiger partial charge in [0, 0.05) is 5.69 Å². The number of nitrogen functional groups attached to an aromatic ring is 1. The minimum Gasteiger partial charge on any atom is -0.489 e. The summed E-state index contributed by atoms with van der Waals surface area (Å²) in [6.07, 6.45) is 1.11. The summed E-state index contributed by atoms with van der Waals surface area (Å²) in [6.45, 7) is 5.00. The molecule has 2 rings (SSSR count). The van der Waals surface area contributed by atoms with Gasteiger partial charge >= 0.3 is 0 Å². The molecule has 1 atom stereocenters. The molecule has 2 aromatic carbocycles. The third-order valence-electron chi connectivity index (χ3n) is 3.44. The minimum atomic E-state index is 0.516. The summed E-state index contributed by atoms with van der Waals surface area (Å²) in [6, 6.07) is 16.1. The van der Waals surface area contributed by atoms with Crippen LogP contribution in [0.25, 0.3) is 0 Å². The molecule has 0 aromatic heterocycles. The maximum absolute atomic E-state index is 5.95. The van der Waals surface area contributed by atoms with E-state index in [0.29, 0.717) is 12.5 Å². The zero-order valence-electron chi connectivity index (χ0n) is 11.6. The Morgan fingerprint density at radius 3 is 2.42 bits per heavy atom. The van der Waals surface area contributed by atoms with Crippen molar-refractivity contribution < 1.29 is 4.74 Å². The lowest BCUT2D eigenvalue weighted by Crippen LogP contribution is -2.01.